The lowest BCUT2D eigenvalue weighted by Gasteiger charge is -2.32. The quantitative estimate of drug-likeness (QED) is 0.871. The Labute approximate surface area is 139 Å². The molecule has 1 aromatic carbocycles. The van der Waals surface area contributed by atoms with Gasteiger partial charge in [0.2, 0.25) is 5.91 Å². The smallest absolute Gasteiger partial charge is 0.237 e. The second-order valence-corrected chi connectivity index (χ2v) is 6.28. The summed E-state index contributed by atoms with van der Waals surface area (Å²) in [6.45, 7) is 7.40. The number of nitrogens with one attached hydrogen (secondary N) is 1. The van der Waals surface area contributed by atoms with E-state index in [1.807, 2.05) is 32.0 Å². The topological polar surface area (TPSA) is 44.8 Å². The standard InChI is InChI=1S/C18H29N3O2/c1-5-16(20(3)4)18(22)19-14(2)15-8-6-7-9-17(15)21-10-12-23-13-11-21/h6-9,14,16H,5,10-13H2,1-4H3,(H,19,22)/t14-,16-/m0/s1. The van der Waals surface area contributed by atoms with Crippen LogP contribution in [0.2, 0.25) is 0 Å². The van der Waals surface area contributed by atoms with Crippen LogP contribution in [0.1, 0.15) is 31.9 Å². The van der Waals surface area contributed by atoms with Gasteiger partial charge in [0.15, 0.2) is 0 Å². The first-order chi connectivity index (χ1) is 11.0. The summed E-state index contributed by atoms with van der Waals surface area (Å²) in [7, 11) is 3.89. The molecular weight excluding hydrogens is 290 g/mol. The Morgan fingerprint density at radius 1 is 1.30 bits per heavy atom. The molecule has 0 spiro atoms. The molecule has 2 atom stereocenters. The highest BCUT2D eigenvalue weighted by molar-refractivity contribution is 5.82. The van der Waals surface area contributed by atoms with Crippen LogP contribution in [0.3, 0.4) is 0 Å². The summed E-state index contributed by atoms with van der Waals surface area (Å²) in [4.78, 5) is 16.8. The van der Waals surface area contributed by atoms with Gasteiger partial charge >= 0.3 is 0 Å². The number of nitrogens with zero attached hydrogens (tertiary/aromatic N) is 2. The minimum absolute atomic E-state index is 0.0180. The molecule has 1 aliphatic rings. The van der Waals surface area contributed by atoms with Crippen LogP contribution < -0.4 is 10.2 Å². The number of amides is 1. The van der Waals surface area contributed by atoms with Gasteiger partial charge in [0.1, 0.15) is 0 Å². The molecule has 23 heavy (non-hydrogen) atoms. The Kier molecular flexibility index (Phi) is 6.42. The van der Waals surface area contributed by atoms with Gasteiger partial charge in [-0.3, -0.25) is 9.69 Å². The van der Waals surface area contributed by atoms with Gasteiger partial charge in [-0.1, -0.05) is 25.1 Å². The molecule has 1 saturated heterocycles. The van der Waals surface area contributed by atoms with E-state index >= 15 is 0 Å². The summed E-state index contributed by atoms with van der Waals surface area (Å²) in [5.41, 5.74) is 2.36. The lowest BCUT2D eigenvalue weighted by molar-refractivity contribution is -0.126. The summed E-state index contributed by atoms with van der Waals surface area (Å²) in [6.07, 6.45) is 0.802. The van der Waals surface area contributed by atoms with Crippen molar-refractivity contribution in [2.24, 2.45) is 0 Å². The first-order valence-electron chi connectivity index (χ1n) is 8.43. The van der Waals surface area contributed by atoms with Crippen molar-refractivity contribution in [3.05, 3.63) is 29.8 Å². The molecule has 1 N–H and O–H groups in total. The van der Waals surface area contributed by atoms with E-state index in [1.165, 1.54) is 5.69 Å². The molecule has 0 radical (unpaired) electrons. The molecule has 0 unspecified atom stereocenters. The summed E-state index contributed by atoms with van der Waals surface area (Å²) in [5, 5.41) is 3.17. The van der Waals surface area contributed by atoms with Gasteiger partial charge in [-0.05, 0) is 39.1 Å². The van der Waals surface area contributed by atoms with E-state index in [4.69, 9.17) is 4.74 Å². The number of hydrogen-bond acceptors (Lipinski definition) is 4. The number of anilines is 1. The van der Waals surface area contributed by atoms with Crippen molar-refractivity contribution in [2.45, 2.75) is 32.4 Å². The third kappa shape index (κ3) is 4.45. The van der Waals surface area contributed by atoms with Crippen LogP contribution in [0.15, 0.2) is 24.3 Å². The average Bonchev–Trinajstić information content (AvgIpc) is 2.56. The monoisotopic (exact) mass is 319 g/mol. The Morgan fingerprint density at radius 2 is 1.96 bits per heavy atom. The normalized spacial score (nSPS) is 17.9. The molecule has 128 valence electrons. The minimum atomic E-state index is -0.0898. The zero-order chi connectivity index (χ0) is 16.8. The highest BCUT2D eigenvalue weighted by Gasteiger charge is 2.23. The molecule has 5 nitrogen and oxygen atoms in total. The third-order valence-corrected chi connectivity index (χ3v) is 4.43. The average molecular weight is 319 g/mol. The SMILES string of the molecule is CC[C@@H](C(=O)N[C@@H](C)c1ccccc1N1CCOCC1)N(C)C. The van der Waals surface area contributed by atoms with Gasteiger partial charge in [-0.25, -0.2) is 0 Å². The van der Waals surface area contributed by atoms with E-state index in [1.54, 1.807) is 0 Å². The van der Waals surface area contributed by atoms with Gasteiger partial charge in [-0.15, -0.1) is 0 Å². The number of ether oxygens (including phenoxy) is 1. The Balaban J connectivity index is 2.12. The molecule has 1 aromatic rings. The van der Waals surface area contributed by atoms with Crippen LogP contribution in [-0.2, 0) is 9.53 Å². The van der Waals surface area contributed by atoms with Gasteiger partial charge in [-0.2, -0.15) is 0 Å². The van der Waals surface area contributed by atoms with Crippen molar-refractivity contribution in [3.63, 3.8) is 0 Å². The van der Waals surface area contributed by atoms with Crippen LogP contribution in [0.25, 0.3) is 0 Å². The summed E-state index contributed by atoms with van der Waals surface area (Å²) in [5.74, 6) is 0.0850. The first kappa shape index (κ1) is 17.8. The highest BCUT2D eigenvalue weighted by atomic mass is 16.5. The number of rotatable bonds is 6. The van der Waals surface area contributed by atoms with Gasteiger partial charge in [0, 0.05) is 18.8 Å². The molecule has 2 rings (SSSR count). The van der Waals surface area contributed by atoms with Crippen LogP contribution in [0.4, 0.5) is 5.69 Å². The number of likely N-dealkylation sites (N-methyl/N-ethyl adjacent to an activating group) is 1. The zero-order valence-corrected chi connectivity index (χ0v) is 14.7. The molecule has 0 bridgehead atoms. The van der Waals surface area contributed by atoms with E-state index in [0.29, 0.717) is 0 Å². The van der Waals surface area contributed by atoms with Crippen LogP contribution in [-0.4, -0.2) is 57.2 Å². The first-order valence-corrected chi connectivity index (χ1v) is 8.43. The molecule has 1 heterocycles. The maximum atomic E-state index is 12.5. The van der Waals surface area contributed by atoms with Crippen molar-refractivity contribution in [1.29, 1.82) is 0 Å². The fraction of sp³-hybridized carbons (Fsp3) is 0.611. The van der Waals surface area contributed by atoms with E-state index in [0.717, 1.165) is 38.3 Å². The van der Waals surface area contributed by atoms with Crippen LogP contribution in [0.5, 0.6) is 0 Å². The van der Waals surface area contributed by atoms with E-state index in [2.05, 4.69) is 35.3 Å². The molecule has 1 fully saturated rings. The number of carbonyl (C=O) groups excluding carboxylic acids is 1. The zero-order valence-electron chi connectivity index (χ0n) is 14.7. The van der Waals surface area contributed by atoms with Crippen molar-refractivity contribution in [3.8, 4) is 0 Å². The Bertz CT molecular complexity index is 513. The summed E-state index contributed by atoms with van der Waals surface area (Å²) in [6, 6.07) is 8.21. The number of morpholine rings is 1. The predicted octanol–water partition coefficient (Wildman–Crippen LogP) is 2.04. The minimum Gasteiger partial charge on any atom is -0.378 e. The maximum absolute atomic E-state index is 12.5. The largest absolute Gasteiger partial charge is 0.378 e. The van der Waals surface area contributed by atoms with Crippen molar-refractivity contribution >= 4 is 11.6 Å². The molecule has 0 aromatic heterocycles. The van der Waals surface area contributed by atoms with E-state index in [9.17, 15) is 4.79 Å². The molecule has 1 aliphatic heterocycles. The highest BCUT2D eigenvalue weighted by Crippen LogP contribution is 2.27. The Morgan fingerprint density at radius 3 is 2.57 bits per heavy atom. The molecular formula is C18H29N3O2. The molecule has 1 amide bonds. The fourth-order valence-electron chi connectivity index (χ4n) is 3.12. The Hall–Kier alpha value is -1.59. The van der Waals surface area contributed by atoms with E-state index < -0.39 is 0 Å². The predicted molar refractivity (Wildman–Crippen MR) is 93.8 cm³/mol. The van der Waals surface area contributed by atoms with Crippen molar-refractivity contribution < 1.29 is 9.53 Å². The molecule has 5 heteroatoms. The van der Waals surface area contributed by atoms with Crippen LogP contribution in [0, 0.1) is 0 Å². The molecule has 0 aliphatic carbocycles. The fourth-order valence-corrected chi connectivity index (χ4v) is 3.12. The van der Waals surface area contributed by atoms with Crippen molar-refractivity contribution in [1.82, 2.24) is 10.2 Å². The molecule has 0 saturated carbocycles. The number of hydrogen-bond donors (Lipinski definition) is 1. The lowest BCUT2D eigenvalue weighted by Crippen LogP contribution is -2.44. The summed E-state index contributed by atoms with van der Waals surface area (Å²) < 4.78 is 5.44. The van der Waals surface area contributed by atoms with Crippen molar-refractivity contribution in [2.75, 3.05) is 45.3 Å². The second kappa shape index (κ2) is 8.31. The third-order valence-electron chi connectivity index (χ3n) is 4.43. The summed E-state index contributed by atoms with van der Waals surface area (Å²) >= 11 is 0. The number of carbonyl (C=O) groups is 1. The van der Waals surface area contributed by atoms with Crippen LogP contribution >= 0.6 is 0 Å². The number of benzene rings is 1. The van der Waals surface area contributed by atoms with Gasteiger partial charge in [0.25, 0.3) is 0 Å². The second-order valence-electron chi connectivity index (χ2n) is 6.28. The lowest BCUT2D eigenvalue weighted by atomic mass is 10.0. The van der Waals surface area contributed by atoms with Gasteiger partial charge < -0.3 is 15.0 Å². The van der Waals surface area contributed by atoms with E-state index in [-0.39, 0.29) is 18.0 Å². The maximum Gasteiger partial charge on any atom is 0.237 e. The van der Waals surface area contributed by atoms with Gasteiger partial charge in [0.05, 0.1) is 25.3 Å². The number of para-hydroxylation sites is 1.